The Morgan fingerprint density at radius 3 is 2.32 bits per heavy atom. The van der Waals surface area contributed by atoms with E-state index in [4.69, 9.17) is 0 Å². The van der Waals surface area contributed by atoms with E-state index in [-0.39, 0.29) is 12.0 Å². The van der Waals surface area contributed by atoms with Gasteiger partial charge in [-0.15, -0.1) is 0 Å². The number of amides is 1. The van der Waals surface area contributed by atoms with Crippen molar-refractivity contribution in [2.45, 2.75) is 25.4 Å². The summed E-state index contributed by atoms with van der Waals surface area (Å²) in [6.45, 7) is 0.713. The number of hydrogen-bond acceptors (Lipinski definition) is 1. The maximum absolute atomic E-state index is 12.6. The van der Waals surface area contributed by atoms with Crippen molar-refractivity contribution < 1.29 is 4.79 Å². The van der Waals surface area contributed by atoms with E-state index in [0.29, 0.717) is 12.5 Å². The maximum atomic E-state index is 12.6. The Morgan fingerprint density at radius 1 is 0.909 bits per heavy atom. The third kappa shape index (κ3) is 2.25. The molecule has 2 aromatic carbocycles. The largest absolute Gasteiger partial charge is 0.331 e. The zero-order chi connectivity index (χ0) is 14.9. The van der Waals surface area contributed by atoms with Crippen LogP contribution >= 0.6 is 0 Å². The van der Waals surface area contributed by atoms with Crippen molar-refractivity contribution in [3.8, 4) is 0 Å². The Kier molecular flexibility index (Phi) is 3.30. The van der Waals surface area contributed by atoms with Crippen molar-refractivity contribution in [3.05, 3.63) is 77.9 Å². The normalized spacial score (nSPS) is 23.5. The molecule has 22 heavy (non-hydrogen) atoms. The van der Waals surface area contributed by atoms with Gasteiger partial charge in [-0.05, 0) is 29.5 Å². The molecule has 2 aromatic rings. The highest BCUT2D eigenvalue weighted by Crippen LogP contribution is 2.40. The van der Waals surface area contributed by atoms with Crippen molar-refractivity contribution in [1.29, 1.82) is 0 Å². The lowest BCUT2D eigenvalue weighted by Gasteiger charge is -2.44. The zero-order valence-corrected chi connectivity index (χ0v) is 12.5. The SMILES string of the molecule is O=C1[C@@H]2C=C(c3ccccc3)[C@@H](CC2)N1Cc1ccccc1. The topological polar surface area (TPSA) is 20.3 Å². The van der Waals surface area contributed by atoms with E-state index in [1.54, 1.807) is 0 Å². The predicted molar refractivity (Wildman–Crippen MR) is 87.9 cm³/mol. The molecule has 5 rings (SSSR count). The number of carbonyl (C=O) groups excluding carboxylic acids is 1. The first kappa shape index (κ1) is 13.3. The standard InChI is InChI=1S/C20H19NO/c22-20-17-11-12-19(18(13-17)16-9-5-2-6-10-16)21(20)14-15-7-3-1-4-8-15/h1-10,13,17,19H,11-12,14H2/t17-,19+/m0/s1. The number of benzene rings is 2. The van der Waals surface area contributed by atoms with Gasteiger partial charge in [0.15, 0.2) is 0 Å². The lowest BCUT2D eigenvalue weighted by atomic mass is 9.77. The first-order valence-corrected chi connectivity index (χ1v) is 7.94. The van der Waals surface area contributed by atoms with Gasteiger partial charge in [0.1, 0.15) is 0 Å². The highest BCUT2D eigenvalue weighted by Gasteiger charge is 2.41. The van der Waals surface area contributed by atoms with Crippen LogP contribution in [0, 0.1) is 5.92 Å². The van der Waals surface area contributed by atoms with Gasteiger partial charge in [0.05, 0.1) is 12.0 Å². The van der Waals surface area contributed by atoms with Crippen LogP contribution < -0.4 is 0 Å². The molecular formula is C20H19NO. The zero-order valence-electron chi connectivity index (χ0n) is 12.5. The second kappa shape index (κ2) is 5.45. The minimum absolute atomic E-state index is 0.0592. The molecule has 0 radical (unpaired) electrons. The lowest BCUT2D eigenvalue weighted by molar-refractivity contribution is -0.140. The molecule has 1 fully saturated rings. The molecule has 0 saturated carbocycles. The number of rotatable bonds is 3. The predicted octanol–water partition coefficient (Wildman–Crippen LogP) is 3.89. The molecule has 1 amide bonds. The van der Waals surface area contributed by atoms with Crippen molar-refractivity contribution in [2.24, 2.45) is 5.92 Å². The fraction of sp³-hybridized carbons (Fsp3) is 0.250. The second-order valence-electron chi connectivity index (χ2n) is 6.14. The summed E-state index contributed by atoms with van der Waals surface area (Å²) in [6, 6.07) is 21.0. The van der Waals surface area contributed by atoms with E-state index in [9.17, 15) is 4.79 Å². The Hall–Kier alpha value is -2.35. The van der Waals surface area contributed by atoms with E-state index >= 15 is 0 Å². The van der Waals surface area contributed by atoms with Crippen LogP contribution in [0.2, 0.25) is 0 Å². The molecule has 0 unspecified atom stereocenters. The van der Waals surface area contributed by atoms with E-state index < -0.39 is 0 Å². The van der Waals surface area contributed by atoms with Crippen LogP contribution in [-0.4, -0.2) is 16.8 Å². The fourth-order valence-electron chi connectivity index (χ4n) is 3.68. The molecule has 2 heterocycles. The van der Waals surface area contributed by atoms with Crippen LogP contribution in [0.3, 0.4) is 0 Å². The van der Waals surface area contributed by atoms with Crippen LogP contribution in [0.5, 0.6) is 0 Å². The van der Waals surface area contributed by atoms with Gasteiger partial charge in [-0.2, -0.15) is 0 Å². The summed E-state index contributed by atoms with van der Waals surface area (Å²) in [5.74, 6) is 0.351. The Morgan fingerprint density at radius 2 is 1.59 bits per heavy atom. The number of fused-ring (bicyclic) bond motifs is 2. The van der Waals surface area contributed by atoms with E-state index in [2.05, 4.69) is 47.4 Å². The molecule has 1 saturated heterocycles. The Balaban J connectivity index is 1.67. The van der Waals surface area contributed by atoms with Gasteiger partial charge < -0.3 is 4.90 Å². The Bertz CT molecular complexity index is 705. The molecule has 2 atom stereocenters. The van der Waals surface area contributed by atoms with Gasteiger partial charge in [0.2, 0.25) is 5.91 Å². The first-order chi connectivity index (χ1) is 10.8. The average molecular weight is 289 g/mol. The first-order valence-electron chi connectivity index (χ1n) is 7.94. The van der Waals surface area contributed by atoms with E-state index in [1.165, 1.54) is 16.7 Å². The van der Waals surface area contributed by atoms with Gasteiger partial charge in [0.25, 0.3) is 0 Å². The number of hydrogen-bond donors (Lipinski definition) is 0. The van der Waals surface area contributed by atoms with Gasteiger partial charge >= 0.3 is 0 Å². The van der Waals surface area contributed by atoms with E-state index in [1.807, 2.05) is 24.3 Å². The smallest absolute Gasteiger partial charge is 0.230 e. The summed E-state index contributed by atoms with van der Waals surface area (Å²) in [7, 11) is 0. The molecular weight excluding hydrogens is 270 g/mol. The van der Waals surface area contributed by atoms with Gasteiger partial charge in [0, 0.05) is 6.54 Å². The molecule has 2 bridgehead atoms. The van der Waals surface area contributed by atoms with Crippen molar-refractivity contribution in [1.82, 2.24) is 4.90 Å². The molecule has 2 aliphatic heterocycles. The second-order valence-corrected chi connectivity index (χ2v) is 6.14. The third-order valence-corrected chi connectivity index (χ3v) is 4.77. The van der Waals surface area contributed by atoms with Crippen LogP contribution in [0.25, 0.3) is 5.57 Å². The maximum Gasteiger partial charge on any atom is 0.230 e. The summed E-state index contributed by atoms with van der Waals surface area (Å²) in [6.07, 6.45) is 4.27. The molecule has 110 valence electrons. The van der Waals surface area contributed by atoms with Crippen LogP contribution in [0.1, 0.15) is 24.0 Å². The minimum Gasteiger partial charge on any atom is -0.331 e. The van der Waals surface area contributed by atoms with Gasteiger partial charge in [-0.1, -0.05) is 66.7 Å². The monoisotopic (exact) mass is 289 g/mol. The average Bonchev–Trinajstić information content (AvgIpc) is 2.60. The van der Waals surface area contributed by atoms with Crippen LogP contribution in [-0.2, 0) is 11.3 Å². The summed E-state index contributed by atoms with van der Waals surface area (Å²) in [5, 5.41) is 0. The van der Waals surface area contributed by atoms with Crippen molar-refractivity contribution >= 4 is 11.5 Å². The van der Waals surface area contributed by atoms with Gasteiger partial charge in [-0.25, -0.2) is 0 Å². The van der Waals surface area contributed by atoms with Crippen LogP contribution in [0.4, 0.5) is 0 Å². The summed E-state index contributed by atoms with van der Waals surface area (Å²) in [5.41, 5.74) is 3.78. The summed E-state index contributed by atoms with van der Waals surface area (Å²) >= 11 is 0. The summed E-state index contributed by atoms with van der Waals surface area (Å²) < 4.78 is 0. The highest BCUT2D eigenvalue weighted by atomic mass is 16.2. The minimum atomic E-state index is 0.0592. The number of carbonyl (C=O) groups is 1. The molecule has 1 aliphatic carbocycles. The van der Waals surface area contributed by atoms with Gasteiger partial charge in [-0.3, -0.25) is 4.79 Å². The third-order valence-electron chi connectivity index (χ3n) is 4.77. The Labute approximate surface area is 131 Å². The molecule has 0 aromatic heterocycles. The molecule has 0 N–H and O–H groups in total. The quantitative estimate of drug-likeness (QED) is 0.839. The fourth-order valence-corrected chi connectivity index (χ4v) is 3.68. The van der Waals surface area contributed by atoms with Crippen molar-refractivity contribution in [2.75, 3.05) is 0 Å². The van der Waals surface area contributed by atoms with E-state index in [0.717, 1.165) is 12.8 Å². The van der Waals surface area contributed by atoms with Crippen LogP contribution in [0.15, 0.2) is 66.7 Å². The number of piperidine rings is 1. The lowest BCUT2D eigenvalue weighted by Crippen LogP contribution is -2.50. The molecule has 2 nitrogen and oxygen atoms in total. The molecule has 3 aliphatic rings. The number of nitrogens with zero attached hydrogens (tertiary/aromatic N) is 1. The summed E-state index contributed by atoms with van der Waals surface area (Å²) in [4.78, 5) is 14.7. The molecule has 2 heteroatoms. The van der Waals surface area contributed by atoms with Crippen molar-refractivity contribution in [3.63, 3.8) is 0 Å². The molecule has 0 spiro atoms. The highest BCUT2D eigenvalue weighted by molar-refractivity contribution is 5.90.